The third kappa shape index (κ3) is 5.50. The third-order valence-corrected chi connectivity index (χ3v) is 10.1. The average Bonchev–Trinajstić information content (AvgIpc) is 3.58. The highest BCUT2D eigenvalue weighted by molar-refractivity contribution is 5.94. The van der Waals surface area contributed by atoms with Gasteiger partial charge in [-0.1, -0.05) is 12.6 Å². The van der Waals surface area contributed by atoms with Crippen molar-refractivity contribution in [1.29, 1.82) is 5.26 Å². The Morgan fingerprint density at radius 1 is 1.13 bits per heavy atom. The highest BCUT2D eigenvalue weighted by Gasteiger charge is 2.49. The van der Waals surface area contributed by atoms with E-state index in [-0.39, 0.29) is 31.1 Å². The molecule has 0 saturated carbocycles. The van der Waals surface area contributed by atoms with Gasteiger partial charge in [-0.05, 0) is 73.9 Å². The second-order valence-corrected chi connectivity index (χ2v) is 12.8. The molecule has 11 heteroatoms. The number of nitrogens with zero attached hydrogens (tertiary/aromatic N) is 7. The monoisotopic (exact) mass is 613 g/mol. The molecule has 45 heavy (non-hydrogen) atoms. The first-order valence-electron chi connectivity index (χ1n) is 15.9. The molecule has 1 unspecified atom stereocenters. The van der Waals surface area contributed by atoms with Gasteiger partial charge in [0.1, 0.15) is 18.6 Å². The van der Waals surface area contributed by atoms with E-state index in [1.807, 2.05) is 29.4 Å². The van der Waals surface area contributed by atoms with E-state index in [1.165, 1.54) is 22.4 Å². The van der Waals surface area contributed by atoms with Crippen LogP contribution in [-0.4, -0.2) is 87.7 Å². The first kappa shape index (κ1) is 29.5. The molecule has 3 aliphatic heterocycles. The fraction of sp³-hybridized carbons (Fsp3) is 0.500. The van der Waals surface area contributed by atoms with Crippen LogP contribution in [0, 0.1) is 11.3 Å². The summed E-state index contributed by atoms with van der Waals surface area (Å²) in [5.74, 6) is -1.21. The molecule has 0 radical (unpaired) electrons. The number of halogens is 2. The highest BCUT2D eigenvalue weighted by atomic mass is 19.1. The van der Waals surface area contributed by atoms with E-state index in [4.69, 9.17) is 14.7 Å². The lowest BCUT2D eigenvalue weighted by Crippen LogP contribution is -2.55. The number of alkyl halides is 1. The zero-order valence-electron chi connectivity index (χ0n) is 25.4. The Bertz CT molecular complexity index is 1690. The smallest absolute Gasteiger partial charge is 0.319 e. The van der Waals surface area contributed by atoms with Crippen LogP contribution in [0.2, 0.25) is 0 Å². The summed E-state index contributed by atoms with van der Waals surface area (Å²) in [5.41, 5.74) is 5.08. The number of nitriles is 1. The zero-order chi connectivity index (χ0) is 31.1. The van der Waals surface area contributed by atoms with Gasteiger partial charge >= 0.3 is 6.01 Å². The quantitative estimate of drug-likeness (QED) is 0.346. The number of fused-ring (bicyclic) bond motifs is 3. The van der Waals surface area contributed by atoms with Crippen LogP contribution < -0.4 is 9.64 Å². The fourth-order valence-corrected chi connectivity index (χ4v) is 7.87. The topological polar surface area (TPSA) is 98.5 Å². The maximum absolute atomic E-state index is 14.5. The van der Waals surface area contributed by atoms with Crippen LogP contribution in [0.25, 0.3) is 22.0 Å². The van der Waals surface area contributed by atoms with E-state index >= 15 is 0 Å². The maximum Gasteiger partial charge on any atom is 0.319 e. The SMILES string of the molecule is C=C(F)C(=O)N1CCN(c2nc(OCC34CCCN3C[C@H](F)C4)nc3cc(-c4cncc5c4CCCC5)ccc23)C[C@@H]1CC#N. The van der Waals surface area contributed by atoms with Crippen molar-refractivity contribution in [2.24, 2.45) is 0 Å². The Labute approximate surface area is 261 Å². The van der Waals surface area contributed by atoms with Crippen LogP contribution in [-0.2, 0) is 17.6 Å². The fourth-order valence-electron chi connectivity index (χ4n) is 7.87. The number of ether oxygens (including phenoxy) is 1. The summed E-state index contributed by atoms with van der Waals surface area (Å²) < 4.78 is 34.6. The molecule has 1 aliphatic carbocycles. The molecule has 2 aromatic heterocycles. The van der Waals surface area contributed by atoms with Gasteiger partial charge in [-0.3, -0.25) is 14.7 Å². The van der Waals surface area contributed by atoms with Crippen LogP contribution in [0.1, 0.15) is 49.7 Å². The molecule has 7 rings (SSSR count). The van der Waals surface area contributed by atoms with Crippen molar-refractivity contribution in [3.8, 4) is 23.2 Å². The largest absolute Gasteiger partial charge is 0.461 e. The number of anilines is 1. The molecule has 3 atom stereocenters. The predicted octanol–water partition coefficient (Wildman–Crippen LogP) is 4.94. The van der Waals surface area contributed by atoms with Gasteiger partial charge in [0, 0.05) is 55.9 Å². The number of rotatable bonds is 7. The van der Waals surface area contributed by atoms with Crippen molar-refractivity contribution in [3.05, 3.63) is 54.1 Å². The van der Waals surface area contributed by atoms with Crippen LogP contribution in [0.3, 0.4) is 0 Å². The van der Waals surface area contributed by atoms with Crippen LogP contribution in [0.15, 0.2) is 43.0 Å². The van der Waals surface area contributed by atoms with Gasteiger partial charge in [0.15, 0.2) is 5.83 Å². The minimum atomic E-state index is -1.04. The van der Waals surface area contributed by atoms with E-state index in [9.17, 15) is 18.8 Å². The van der Waals surface area contributed by atoms with Crippen molar-refractivity contribution < 1.29 is 18.3 Å². The number of benzene rings is 1. The van der Waals surface area contributed by atoms with Crippen molar-refractivity contribution >= 4 is 22.6 Å². The van der Waals surface area contributed by atoms with Crippen LogP contribution in [0.5, 0.6) is 6.01 Å². The Morgan fingerprint density at radius 3 is 2.84 bits per heavy atom. The molecule has 0 N–H and O–H groups in total. The molecule has 4 aliphatic rings. The molecule has 0 bridgehead atoms. The van der Waals surface area contributed by atoms with Gasteiger partial charge in [0.2, 0.25) is 0 Å². The van der Waals surface area contributed by atoms with Gasteiger partial charge in [-0.2, -0.15) is 15.2 Å². The minimum Gasteiger partial charge on any atom is -0.461 e. The highest BCUT2D eigenvalue weighted by Crippen LogP contribution is 2.41. The van der Waals surface area contributed by atoms with Crippen LogP contribution in [0.4, 0.5) is 14.6 Å². The number of hydrogen-bond donors (Lipinski definition) is 0. The number of aryl methyl sites for hydroxylation is 1. The first-order valence-corrected chi connectivity index (χ1v) is 15.9. The van der Waals surface area contributed by atoms with Crippen LogP contribution >= 0.6 is 0 Å². The number of carbonyl (C=O) groups excluding carboxylic acids is 1. The number of hydrogen-bond acceptors (Lipinski definition) is 8. The minimum absolute atomic E-state index is 0.0426. The Morgan fingerprint density at radius 2 is 2.00 bits per heavy atom. The predicted molar refractivity (Wildman–Crippen MR) is 166 cm³/mol. The Balaban J connectivity index is 1.27. The van der Waals surface area contributed by atoms with E-state index < -0.39 is 23.9 Å². The van der Waals surface area contributed by atoms with Gasteiger partial charge in [-0.15, -0.1) is 0 Å². The summed E-state index contributed by atoms with van der Waals surface area (Å²) in [4.78, 5) is 32.4. The molecular formula is C34H37F2N7O2. The molecule has 3 fully saturated rings. The Kier molecular flexibility index (Phi) is 7.86. The van der Waals surface area contributed by atoms with E-state index in [2.05, 4.69) is 28.6 Å². The summed E-state index contributed by atoms with van der Waals surface area (Å²) in [6, 6.07) is 7.93. The van der Waals surface area contributed by atoms with E-state index in [1.54, 1.807) is 0 Å². The number of piperazine rings is 1. The number of pyridine rings is 1. The second-order valence-electron chi connectivity index (χ2n) is 12.8. The Hall–Kier alpha value is -4.17. The third-order valence-electron chi connectivity index (χ3n) is 10.1. The summed E-state index contributed by atoms with van der Waals surface area (Å²) in [5, 5.41) is 10.3. The molecule has 3 saturated heterocycles. The molecule has 0 spiro atoms. The molecule has 3 aromatic rings. The summed E-state index contributed by atoms with van der Waals surface area (Å²) >= 11 is 0. The first-order chi connectivity index (χ1) is 21.8. The molecule has 234 valence electrons. The zero-order valence-corrected chi connectivity index (χ0v) is 25.4. The standard InChI is InChI=1S/C34H37F2N7O2/c1-22(35)32(44)43-14-13-41(20-26(43)9-11-37)31-28-8-7-23(29-18-38-17-24-5-2-3-6-27(24)29)15-30(28)39-33(40-31)45-21-34-10-4-12-42(34)19-25(36)16-34/h7-8,15,17-18,25-26H,1-6,9-10,12-14,16,19-21H2/t25-,26+,34?/m1/s1. The van der Waals surface area contributed by atoms with E-state index in [0.717, 1.165) is 55.2 Å². The second kappa shape index (κ2) is 12.0. The van der Waals surface area contributed by atoms with Gasteiger partial charge in [0.25, 0.3) is 5.91 Å². The number of amides is 1. The summed E-state index contributed by atoms with van der Waals surface area (Å²) in [6.07, 6.45) is 9.74. The lowest BCUT2D eigenvalue weighted by molar-refractivity contribution is -0.131. The van der Waals surface area contributed by atoms with Crippen molar-refractivity contribution in [1.82, 2.24) is 24.8 Å². The number of aromatic nitrogens is 3. The lowest BCUT2D eigenvalue weighted by atomic mass is 9.87. The number of carbonyl (C=O) groups is 1. The van der Waals surface area contributed by atoms with Crippen molar-refractivity contribution in [2.45, 2.75) is 69.1 Å². The van der Waals surface area contributed by atoms with E-state index in [0.29, 0.717) is 37.5 Å². The average molecular weight is 614 g/mol. The molecule has 1 aromatic carbocycles. The van der Waals surface area contributed by atoms with Crippen molar-refractivity contribution in [2.75, 3.05) is 44.2 Å². The van der Waals surface area contributed by atoms with Gasteiger partial charge in [0.05, 0.1) is 29.6 Å². The molecule has 1 amide bonds. The molecular weight excluding hydrogens is 576 g/mol. The maximum atomic E-state index is 14.5. The molecule has 5 heterocycles. The summed E-state index contributed by atoms with van der Waals surface area (Å²) in [6.45, 7) is 5.65. The normalized spacial score (nSPS) is 24.7. The summed E-state index contributed by atoms with van der Waals surface area (Å²) in [7, 11) is 0. The van der Waals surface area contributed by atoms with Gasteiger partial charge < -0.3 is 14.5 Å². The lowest BCUT2D eigenvalue weighted by Gasteiger charge is -2.41. The van der Waals surface area contributed by atoms with Crippen molar-refractivity contribution in [3.63, 3.8) is 0 Å². The molecule has 9 nitrogen and oxygen atoms in total. The van der Waals surface area contributed by atoms with Gasteiger partial charge in [-0.25, -0.2) is 8.78 Å².